The lowest BCUT2D eigenvalue weighted by atomic mass is 10.2. The summed E-state index contributed by atoms with van der Waals surface area (Å²) in [5.74, 6) is 0.0280. The Kier molecular flexibility index (Phi) is 5.08. The molecule has 24 heavy (non-hydrogen) atoms. The van der Waals surface area contributed by atoms with E-state index in [0.29, 0.717) is 24.2 Å². The molecule has 0 aliphatic carbocycles. The predicted molar refractivity (Wildman–Crippen MR) is 96.1 cm³/mol. The van der Waals surface area contributed by atoms with Crippen LogP contribution in [0.1, 0.15) is 12.1 Å². The minimum atomic E-state index is 0.0280. The number of amides is 1. The zero-order valence-corrected chi connectivity index (χ0v) is 15.2. The number of aryl methyl sites for hydroxylation is 1. The quantitative estimate of drug-likeness (QED) is 0.888. The molecule has 0 radical (unpaired) electrons. The minimum absolute atomic E-state index is 0.0280. The largest absolute Gasteiger partial charge is 0.349 e. The van der Waals surface area contributed by atoms with Crippen LogP contribution < -0.4 is 5.32 Å². The number of carbonyl (C=O) groups is 1. The highest BCUT2D eigenvalue weighted by atomic mass is 35.5. The van der Waals surface area contributed by atoms with Crippen LogP contribution in [0.3, 0.4) is 0 Å². The van der Waals surface area contributed by atoms with Gasteiger partial charge in [-0.1, -0.05) is 17.7 Å². The Morgan fingerprint density at radius 1 is 1.46 bits per heavy atom. The fourth-order valence-corrected chi connectivity index (χ4v) is 3.57. The predicted octanol–water partition coefficient (Wildman–Crippen LogP) is 1.48. The summed E-state index contributed by atoms with van der Waals surface area (Å²) in [5.41, 5.74) is 1.78. The molecule has 2 aromatic rings. The molecule has 1 aromatic carbocycles. The Labute approximate surface area is 147 Å². The highest BCUT2D eigenvalue weighted by Gasteiger charge is 2.25. The van der Waals surface area contributed by atoms with Gasteiger partial charge in [-0.25, -0.2) is 0 Å². The summed E-state index contributed by atoms with van der Waals surface area (Å²) in [6.45, 7) is 2.74. The van der Waals surface area contributed by atoms with E-state index in [4.69, 9.17) is 11.6 Å². The maximum absolute atomic E-state index is 12.2. The molecule has 1 N–H and O–H groups in total. The van der Waals surface area contributed by atoms with Crippen molar-refractivity contribution in [1.82, 2.24) is 24.9 Å². The summed E-state index contributed by atoms with van der Waals surface area (Å²) >= 11 is 6.30. The van der Waals surface area contributed by atoms with Crippen LogP contribution in [0.15, 0.2) is 18.2 Å². The average Bonchev–Trinajstić information content (AvgIpc) is 3.11. The van der Waals surface area contributed by atoms with Crippen LogP contribution in [0.5, 0.6) is 0 Å². The number of rotatable bonds is 5. The second kappa shape index (κ2) is 7.09. The van der Waals surface area contributed by atoms with Gasteiger partial charge in [0.25, 0.3) is 0 Å². The molecular weight excluding hydrogens is 326 g/mol. The van der Waals surface area contributed by atoms with E-state index in [1.165, 1.54) is 0 Å². The normalized spacial score (nSPS) is 18.6. The number of nitrogens with one attached hydrogen (secondary N) is 1. The lowest BCUT2D eigenvalue weighted by molar-refractivity contribution is -0.122. The van der Waals surface area contributed by atoms with Crippen LogP contribution in [0.25, 0.3) is 10.9 Å². The third-order valence-electron chi connectivity index (χ3n) is 4.70. The molecule has 6 nitrogen and oxygen atoms in total. The van der Waals surface area contributed by atoms with Gasteiger partial charge in [0, 0.05) is 31.6 Å². The van der Waals surface area contributed by atoms with Gasteiger partial charge in [-0.15, -0.1) is 0 Å². The van der Waals surface area contributed by atoms with E-state index in [-0.39, 0.29) is 5.91 Å². The molecule has 7 heteroatoms. The van der Waals surface area contributed by atoms with Gasteiger partial charge < -0.3 is 10.2 Å². The first-order valence-electron chi connectivity index (χ1n) is 8.21. The molecule has 1 aliphatic heterocycles. The molecule has 3 rings (SSSR count). The standard InChI is InChI=1S/C17H24ClN5O/c1-21(2)12-7-8-23(10-12)11-16(24)19-9-14-17-13(18)5-4-6-15(17)22(3)20-14/h4-6,12H,7-11H2,1-3H3,(H,19,24)/t12-/m0/s1. The van der Waals surface area contributed by atoms with Crippen LogP contribution in [0.2, 0.25) is 5.02 Å². The fraction of sp³-hybridized carbons (Fsp3) is 0.529. The lowest BCUT2D eigenvalue weighted by Gasteiger charge is -2.20. The number of hydrogen-bond donors (Lipinski definition) is 1. The monoisotopic (exact) mass is 349 g/mol. The van der Waals surface area contributed by atoms with Gasteiger partial charge >= 0.3 is 0 Å². The third-order valence-corrected chi connectivity index (χ3v) is 5.01. The second-order valence-corrected chi connectivity index (χ2v) is 7.03. The van der Waals surface area contributed by atoms with Crippen molar-refractivity contribution in [2.75, 3.05) is 33.7 Å². The van der Waals surface area contributed by atoms with Crippen LogP contribution in [-0.2, 0) is 18.4 Å². The molecule has 1 saturated heterocycles. The van der Waals surface area contributed by atoms with Crippen molar-refractivity contribution >= 4 is 28.4 Å². The van der Waals surface area contributed by atoms with E-state index in [9.17, 15) is 4.79 Å². The van der Waals surface area contributed by atoms with Gasteiger partial charge in [0.15, 0.2) is 0 Å². The van der Waals surface area contributed by atoms with Gasteiger partial charge in [-0.2, -0.15) is 5.10 Å². The zero-order chi connectivity index (χ0) is 17.3. The molecule has 1 aromatic heterocycles. The van der Waals surface area contributed by atoms with E-state index in [2.05, 4.69) is 34.3 Å². The fourth-order valence-electron chi connectivity index (χ4n) is 3.30. The summed E-state index contributed by atoms with van der Waals surface area (Å²) in [5, 5.41) is 9.04. The van der Waals surface area contributed by atoms with Crippen molar-refractivity contribution in [1.29, 1.82) is 0 Å². The number of nitrogens with zero attached hydrogens (tertiary/aromatic N) is 4. The van der Waals surface area contributed by atoms with Crippen LogP contribution >= 0.6 is 11.6 Å². The maximum atomic E-state index is 12.2. The van der Waals surface area contributed by atoms with Crippen molar-refractivity contribution in [2.24, 2.45) is 7.05 Å². The number of benzene rings is 1. The summed E-state index contributed by atoms with van der Waals surface area (Å²) in [4.78, 5) is 16.7. The summed E-state index contributed by atoms with van der Waals surface area (Å²) in [6.07, 6.45) is 1.11. The first kappa shape index (κ1) is 17.2. The summed E-state index contributed by atoms with van der Waals surface area (Å²) in [7, 11) is 6.06. The number of carbonyl (C=O) groups excluding carboxylic acids is 1. The van der Waals surface area contributed by atoms with Crippen LogP contribution in [0, 0.1) is 0 Å². The smallest absolute Gasteiger partial charge is 0.234 e. The van der Waals surface area contributed by atoms with Crippen molar-refractivity contribution in [2.45, 2.75) is 19.0 Å². The highest BCUT2D eigenvalue weighted by molar-refractivity contribution is 6.35. The maximum Gasteiger partial charge on any atom is 0.234 e. The van der Waals surface area contributed by atoms with Gasteiger partial charge in [0.2, 0.25) is 5.91 Å². The Morgan fingerprint density at radius 2 is 2.25 bits per heavy atom. The van der Waals surface area contributed by atoms with Gasteiger partial charge in [0.1, 0.15) is 0 Å². The summed E-state index contributed by atoms with van der Waals surface area (Å²) < 4.78 is 1.80. The Morgan fingerprint density at radius 3 is 2.96 bits per heavy atom. The highest BCUT2D eigenvalue weighted by Crippen LogP contribution is 2.26. The molecule has 2 heterocycles. The van der Waals surface area contributed by atoms with E-state index >= 15 is 0 Å². The number of likely N-dealkylation sites (tertiary alicyclic amines) is 1. The average molecular weight is 350 g/mol. The SMILES string of the molecule is CN(C)[C@H]1CCN(CC(=O)NCc2nn(C)c3cccc(Cl)c23)C1. The van der Waals surface area contributed by atoms with Crippen LogP contribution in [-0.4, -0.2) is 65.3 Å². The van der Waals surface area contributed by atoms with Crippen molar-refractivity contribution in [3.05, 3.63) is 28.9 Å². The number of fused-ring (bicyclic) bond motifs is 1. The first-order valence-corrected chi connectivity index (χ1v) is 8.59. The van der Waals surface area contributed by atoms with E-state index in [1.54, 1.807) is 4.68 Å². The Hall–Kier alpha value is -1.63. The van der Waals surface area contributed by atoms with E-state index < -0.39 is 0 Å². The Balaban J connectivity index is 1.59. The van der Waals surface area contributed by atoms with Gasteiger partial charge in [0.05, 0.1) is 29.3 Å². The molecule has 0 saturated carbocycles. The number of hydrogen-bond acceptors (Lipinski definition) is 4. The third kappa shape index (κ3) is 3.55. The van der Waals surface area contributed by atoms with Gasteiger partial charge in [-0.05, 0) is 32.6 Å². The van der Waals surface area contributed by atoms with Crippen molar-refractivity contribution in [3.63, 3.8) is 0 Å². The molecule has 1 aliphatic rings. The number of halogens is 1. The van der Waals surface area contributed by atoms with E-state index in [0.717, 1.165) is 36.1 Å². The van der Waals surface area contributed by atoms with E-state index in [1.807, 2.05) is 25.2 Å². The molecule has 1 amide bonds. The lowest BCUT2D eigenvalue weighted by Crippen LogP contribution is -2.38. The number of likely N-dealkylation sites (N-methyl/N-ethyl adjacent to an activating group) is 1. The zero-order valence-electron chi connectivity index (χ0n) is 14.4. The minimum Gasteiger partial charge on any atom is -0.349 e. The molecule has 0 bridgehead atoms. The Bertz CT molecular complexity index is 742. The van der Waals surface area contributed by atoms with Crippen molar-refractivity contribution < 1.29 is 4.79 Å². The topological polar surface area (TPSA) is 53.4 Å². The van der Waals surface area contributed by atoms with Crippen LogP contribution in [0.4, 0.5) is 0 Å². The molecule has 1 atom stereocenters. The molecular formula is C17H24ClN5O. The molecule has 0 unspecified atom stereocenters. The molecule has 0 spiro atoms. The first-order chi connectivity index (χ1) is 11.5. The van der Waals surface area contributed by atoms with Gasteiger partial charge in [-0.3, -0.25) is 14.4 Å². The van der Waals surface area contributed by atoms with Crippen molar-refractivity contribution in [3.8, 4) is 0 Å². The summed E-state index contributed by atoms with van der Waals surface area (Å²) in [6, 6.07) is 6.27. The second-order valence-electron chi connectivity index (χ2n) is 6.62. The number of aromatic nitrogens is 2. The molecule has 130 valence electrons. The molecule has 1 fully saturated rings.